The number of furan rings is 1. The average molecular weight is 419 g/mol. The number of benzene rings is 2. The van der Waals surface area contributed by atoms with Crippen LogP contribution in [0.3, 0.4) is 0 Å². The first-order chi connectivity index (χ1) is 14.6. The van der Waals surface area contributed by atoms with Crippen LogP contribution >= 0.6 is 11.8 Å². The highest BCUT2D eigenvalue weighted by atomic mass is 32.2. The molecule has 0 bridgehead atoms. The predicted octanol–water partition coefficient (Wildman–Crippen LogP) is 4.93. The van der Waals surface area contributed by atoms with Crippen LogP contribution in [0.4, 0.5) is 5.69 Å². The highest BCUT2D eigenvalue weighted by Gasteiger charge is 2.18. The van der Waals surface area contributed by atoms with E-state index in [2.05, 4.69) is 27.6 Å². The maximum atomic E-state index is 12.4. The third-order valence-electron chi connectivity index (χ3n) is 4.67. The van der Waals surface area contributed by atoms with Crippen LogP contribution in [-0.2, 0) is 11.3 Å². The van der Waals surface area contributed by atoms with Gasteiger partial charge in [-0.15, -0.1) is 10.2 Å². The van der Waals surface area contributed by atoms with E-state index in [4.69, 9.17) is 4.42 Å². The average Bonchev–Trinajstić information content (AvgIpc) is 3.34. The Balaban J connectivity index is 1.53. The van der Waals surface area contributed by atoms with Gasteiger partial charge in [0, 0.05) is 5.69 Å². The summed E-state index contributed by atoms with van der Waals surface area (Å²) in [5.41, 5.74) is 3.96. The van der Waals surface area contributed by atoms with Gasteiger partial charge in [0.1, 0.15) is 5.76 Å². The number of carbonyl (C=O) groups excluding carboxylic acids is 1. The minimum atomic E-state index is -0.0841. The van der Waals surface area contributed by atoms with Gasteiger partial charge in [-0.25, -0.2) is 0 Å². The molecule has 152 valence electrons. The molecule has 0 saturated carbocycles. The van der Waals surface area contributed by atoms with E-state index in [1.807, 2.05) is 66.9 Å². The second kappa shape index (κ2) is 9.00. The molecule has 0 aliphatic rings. The van der Waals surface area contributed by atoms with Crippen LogP contribution in [0.5, 0.6) is 0 Å². The summed E-state index contributed by atoms with van der Waals surface area (Å²) in [6.45, 7) is 4.52. The molecule has 1 N–H and O–H groups in total. The van der Waals surface area contributed by atoms with E-state index in [0.29, 0.717) is 11.7 Å². The number of nitrogens with one attached hydrogen (secondary N) is 1. The zero-order valence-corrected chi connectivity index (χ0v) is 17.6. The third kappa shape index (κ3) is 4.63. The lowest BCUT2D eigenvalue weighted by atomic mass is 10.2. The molecule has 0 unspecified atom stereocenters. The van der Waals surface area contributed by atoms with Crippen molar-refractivity contribution in [2.75, 3.05) is 11.1 Å². The van der Waals surface area contributed by atoms with Crippen LogP contribution in [-0.4, -0.2) is 26.4 Å². The largest absolute Gasteiger partial charge is 0.469 e. The molecule has 0 radical (unpaired) electrons. The highest BCUT2D eigenvalue weighted by molar-refractivity contribution is 7.99. The fourth-order valence-electron chi connectivity index (χ4n) is 3.08. The summed E-state index contributed by atoms with van der Waals surface area (Å²) in [5, 5.41) is 12.4. The molecule has 0 saturated heterocycles. The molecule has 1 amide bonds. The summed E-state index contributed by atoms with van der Waals surface area (Å²) in [4.78, 5) is 12.4. The molecule has 7 heteroatoms. The van der Waals surface area contributed by atoms with Crippen molar-refractivity contribution in [3.8, 4) is 11.4 Å². The van der Waals surface area contributed by atoms with Gasteiger partial charge in [-0.1, -0.05) is 59.8 Å². The zero-order chi connectivity index (χ0) is 20.9. The number of carbonyl (C=O) groups is 1. The number of aromatic nitrogens is 3. The molecule has 2 aromatic carbocycles. The first-order valence-electron chi connectivity index (χ1n) is 9.61. The number of hydrogen-bond donors (Lipinski definition) is 1. The molecule has 0 fully saturated rings. The van der Waals surface area contributed by atoms with Crippen molar-refractivity contribution in [3.63, 3.8) is 0 Å². The fourth-order valence-corrected chi connectivity index (χ4v) is 3.82. The molecule has 4 rings (SSSR count). The van der Waals surface area contributed by atoms with Gasteiger partial charge in [0.05, 0.1) is 24.1 Å². The number of aryl methyl sites for hydroxylation is 2. The zero-order valence-electron chi connectivity index (χ0n) is 16.8. The standard InChI is InChI=1S/C23H22N4O2S/c1-16-8-10-19(11-9-16)24-21(28)15-30-23-26-25-22(20-12-13-29-17(20)2)27(23)14-18-6-4-3-5-7-18/h3-13H,14-15H2,1-2H3,(H,24,28). The Bertz CT molecular complexity index is 1130. The van der Waals surface area contributed by atoms with E-state index in [9.17, 15) is 4.79 Å². The Kier molecular flexibility index (Phi) is 5.99. The Labute approximate surface area is 179 Å². The lowest BCUT2D eigenvalue weighted by Crippen LogP contribution is -2.14. The van der Waals surface area contributed by atoms with E-state index in [0.717, 1.165) is 34.0 Å². The Morgan fingerprint density at radius 3 is 2.50 bits per heavy atom. The van der Waals surface area contributed by atoms with Gasteiger partial charge < -0.3 is 9.73 Å². The molecule has 2 aromatic heterocycles. The number of nitrogens with zero attached hydrogens (tertiary/aromatic N) is 3. The van der Waals surface area contributed by atoms with Gasteiger partial charge in [0.2, 0.25) is 5.91 Å². The Morgan fingerprint density at radius 2 is 1.80 bits per heavy atom. The number of hydrogen-bond acceptors (Lipinski definition) is 5. The summed E-state index contributed by atoms with van der Waals surface area (Å²) in [6, 6.07) is 19.7. The van der Waals surface area contributed by atoms with Crippen LogP contribution < -0.4 is 5.32 Å². The van der Waals surface area contributed by atoms with E-state index in [1.54, 1.807) is 6.26 Å². The maximum Gasteiger partial charge on any atom is 0.234 e. The number of amides is 1. The van der Waals surface area contributed by atoms with Crippen molar-refractivity contribution >= 4 is 23.4 Å². The molecule has 0 spiro atoms. The second-order valence-electron chi connectivity index (χ2n) is 6.97. The SMILES string of the molecule is Cc1ccc(NC(=O)CSc2nnc(-c3ccoc3C)n2Cc2ccccc2)cc1. The number of anilines is 1. The minimum absolute atomic E-state index is 0.0841. The lowest BCUT2D eigenvalue weighted by molar-refractivity contribution is -0.113. The first-order valence-corrected chi connectivity index (χ1v) is 10.6. The van der Waals surface area contributed by atoms with Crippen molar-refractivity contribution in [3.05, 3.63) is 83.8 Å². The minimum Gasteiger partial charge on any atom is -0.469 e. The van der Waals surface area contributed by atoms with Crippen LogP contribution in [0.1, 0.15) is 16.9 Å². The fraction of sp³-hybridized carbons (Fsp3) is 0.174. The molecule has 2 heterocycles. The van der Waals surface area contributed by atoms with Crippen molar-refractivity contribution in [2.45, 2.75) is 25.5 Å². The summed E-state index contributed by atoms with van der Waals surface area (Å²) in [6.07, 6.45) is 1.65. The number of thioether (sulfide) groups is 1. The van der Waals surface area contributed by atoms with Gasteiger partial charge in [-0.2, -0.15) is 0 Å². The number of rotatable bonds is 7. The molecule has 30 heavy (non-hydrogen) atoms. The quantitative estimate of drug-likeness (QED) is 0.431. The molecular formula is C23H22N4O2S. The summed E-state index contributed by atoms with van der Waals surface area (Å²) in [7, 11) is 0. The van der Waals surface area contributed by atoms with Crippen molar-refractivity contribution in [1.82, 2.24) is 14.8 Å². The van der Waals surface area contributed by atoms with Gasteiger partial charge in [-0.3, -0.25) is 9.36 Å². The van der Waals surface area contributed by atoms with Crippen LogP contribution in [0.2, 0.25) is 0 Å². The van der Waals surface area contributed by atoms with Crippen LogP contribution in [0, 0.1) is 13.8 Å². The highest BCUT2D eigenvalue weighted by Crippen LogP contribution is 2.28. The smallest absolute Gasteiger partial charge is 0.234 e. The summed E-state index contributed by atoms with van der Waals surface area (Å²) < 4.78 is 7.48. The molecule has 0 atom stereocenters. The summed E-state index contributed by atoms with van der Waals surface area (Å²) >= 11 is 1.37. The molecule has 0 aliphatic heterocycles. The van der Waals surface area contributed by atoms with Crippen LogP contribution in [0.15, 0.2) is 76.5 Å². The second-order valence-corrected chi connectivity index (χ2v) is 7.91. The van der Waals surface area contributed by atoms with Gasteiger partial charge in [0.15, 0.2) is 11.0 Å². The topological polar surface area (TPSA) is 73.0 Å². The normalized spacial score (nSPS) is 10.9. The van der Waals surface area contributed by atoms with Gasteiger partial charge in [-0.05, 0) is 37.6 Å². The van der Waals surface area contributed by atoms with Crippen molar-refractivity contribution in [2.24, 2.45) is 0 Å². The molecule has 0 aliphatic carbocycles. The molecule has 4 aromatic rings. The lowest BCUT2D eigenvalue weighted by Gasteiger charge is -2.10. The van der Waals surface area contributed by atoms with E-state index >= 15 is 0 Å². The van der Waals surface area contributed by atoms with Crippen molar-refractivity contribution in [1.29, 1.82) is 0 Å². The Morgan fingerprint density at radius 1 is 1.03 bits per heavy atom. The monoisotopic (exact) mass is 418 g/mol. The van der Waals surface area contributed by atoms with Crippen molar-refractivity contribution < 1.29 is 9.21 Å². The van der Waals surface area contributed by atoms with Gasteiger partial charge >= 0.3 is 0 Å². The summed E-state index contributed by atoms with van der Waals surface area (Å²) in [5.74, 6) is 1.67. The van der Waals surface area contributed by atoms with E-state index in [-0.39, 0.29) is 11.7 Å². The van der Waals surface area contributed by atoms with E-state index in [1.165, 1.54) is 11.8 Å². The van der Waals surface area contributed by atoms with Crippen LogP contribution in [0.25, 0.3) is 11.4 Å². The third-order valence-corrected chi connectivity index (χ3v) is 5.63. The van der Waals surface area contributed by atoms with Gasteiger partial charge in [0.25, 0.3) is 0 Å². The first kappa shape index (κ1) is 20.0. The molecule has 6 nitrogen and oxygen atoms in total. The molecular weight excluding hydrogens is 396 g/mol. The predicted molar refractivity (Wildman–Crippen MR) is 119 cm³/mol. The van der Waals surface area contributed by atoms with E-state index < -0.39 is 0 Å². The maximum absolute atomic E-state index is 12.4. The Hall–Kier alpha value is -3.32.